The number of benzene rings is 1. The molecule has 1 rings (SSSR count). The third kappa shape index (κ3) is 2.59. The van der Waals surface area contributed by atoms with Crippen molar-refractivity contribution in [2.75, 3.05) is 6.61 Å². The first kappa shape index (κ1) is 12.7. The van der Waals surface area contributed by atoms with Crippen LogP contribution in [0.1, 0.15) is 35.2 Å². The van der Waals surface area contributed by atoms with E-state index in [4.69, 9.17) is 10.2 Å². The number of carboxylic acid groups (broad SMARTS) is 1. The van der Waals surface area contributed by atoms with Crippen molar-refractivity contribution in [3.63, 3.8) is 0 Å². The Morgan fingerprint density at radius 3 is 2.50 bits per heavy atom. The van der Waals surface area contributed by atoms with Crippen LogP contribution in [0.2, 0.25) is 0 Å². The number of aliphatic hydroxyl groups excluding tert-OH is 2. The van der Waals surface area contributed by atoms with Crippen LogP contribution in [0.4, 0.5) is 0 Å². The largest absolute Gasteiger partial charge is 0.478 e. The fourth-order valence-corrected chi connectivity index (χ4v) is 1.84. The first-order valence-electron chi connectivity index (χ1n) is 5.23. The molecule has 1 aromatic rings. The van der Waals surface area contributed by atoms with Crippen molar-refractivity contribution >= 4 is 5.97 Å². The van der Waals surface area contributed by atoms with Gasteiger partial charge in [-0.2, -0.15) is 0 Å². The van der Waals surface area contributed by atoms with E-state index in [-0.39, 0.29) is 18.1 Å². The zero-order valence-corrected chi connectivity index (χ0v) is 9.13. The Labute approximate surface area is 94.2 Å². The van der Waals surface area contributed by atoms with Gasteiger partial charge in [0.25, 0.3) is 0 Å². The highest BCUT2D eigenvalue weighted by Crippen LogP contribution is 2.26. The fourth-order valence-electron chi connectivity index (χ4n) is 1.84. The van der Waals surface area contributed by atoms with Gasteiger partial charge in [-0.05, 0) is 18.1 Å². The number of carboxylic acids is 1. The van der Waals surface area contributed by atoms with Crippen molar-refractivity contribution in [1.82, 2.24) is 0 Å². The molecule has 0 amide bonds. The Balaban J connectivity index is 3.14. The fraction of sp³-hybridized carbons (Fsp3) is 0.417. The van der Waals surface area contributed by atoms with Gasteiger partial charge >= 0.3 is 5.97 Å². The van der Waals surface area contributed by atoms with Crippen molar-refractivity contribution in [3.8, 4) is 0 Å². The number of carbonyl (C=O) groups is 1. The summed E-state index contributed by atoms with van der Waals surface area (Å²) in [5.41, 5.74) is 0.751. The average Bonchev–Trinajstić information content (AvgIpc) is 2.30. The normalized spacial score (nSPS) is 14.4. The Bertz CT molecular complexity index is 362. The highest BCUT2D eigenvalue weighted by molar-refractivity contribution is 5.89. The van der Waals surface area contributed by atoms with E-state index in [0.717, 1.165) is 0 Å². The molecule has 4 heteroatoms. The molecular formula is C12H16O4. The van der Waals surface area contributed by atoms with Crippen molar-refractivity contribution < 1.29 is 20.1 Å². The van der Waals surface area contributed by atoms with Crippen LogP contribution in [0.3, 0.4) is 0 Å². The van der Waals surface area contributed by atoms with Gasteiger partial charge in [-0.25, -0.2) is 4.79 Å². The molecule has 3 N–H and O–H groups in total. The van der Waals surface area contributed by atoms with Crippen LogP contribution in [-0.2, 0) is 0 Å². The average molecular weight is 224 g/mol. The third-order valence-corrected chi connectivity index (χ3v) is 2.68. The summed E-state index contributed by atoms with van der Waals surface area (Å²) in [5, 5.41) is 27.6. The minimum absolute atomic E-state index is 0.182. The van der Waals surface area contributed by atoms with Gasteiger partial charge < -0.3 is 15.3 Å². The molecule has 0 bridgehead atoms. The predicted molar refractivity (Wildman–Crippen MR) is 59.5 cm³/mol. The number of rotatable bonds is 5. The van der Waals surface area contributed by atoms with Gasteiger partial charge in [-0.1, -0.05) is 25.1 Å². The van der Waals surface area contributed by atoms with E-state index in [1.807, 2.05) is 6.92 Å². The monoisotopic (exact) mass is 224 g/mol. The quantitative estimate of drug-likeness (QED) is 0.703. The molecule has 2 atom stereocenters. The highest BCUT2D eigenvalue weighted by atomic mass is 16.4. The second-order valence-corrected chi connectivity index (χ2v) is 3.66. The Hall–Kier alpha value is -1.39. The van der Waals surface area contributed by atoms with Crippen LogP contribution in [0.15, 0.2) is 24.3 Å². The SMILES string of the molecule is CCC(c1ccccc1C(=O)O)C(O)CO. The van der Waals surface area contributed by atoms with Gasteiger partial charge in [0.2, 0.25) is 0 Å². The Kier molecular flexibility index (Phi) is 4.46. The molecule has 0 spiro atoms. The third-order valence-electron chi connectivity index (χ3n) is 2.68. The highest BCUT2D eigenvalue weighted by Gasteiger charge is 2.23. The van der Waals surface area contributed by atoms with Crippen LogP contribution < -0.4 is 0 Å². The standard InChI is InChI=1S/C12H16O4/c1-2-8(11(14)7-13)9-5-3-4-6-10(9)12(15)16/h3-6,8,11,13-14H,2,7H2,1H3,(H,15,16). The molecule has 16 heavy (non-hydrogen) atoms. The van der Waals surface area contributed by atoms with Crippen molar-refractivity contribution in [3.05, 3.63) is 35.4 Å². The summed E-state index contributed by atoms with van der Waals surface area (Å²) in [4.78, 5) is 11.0. The first-order chi connectivity index (χ1) is 7.61. The number of hydrogen-bond donors (Lipinski definition) is 3. The van der Waals surface area contributed by atoms with E-state index in [0.29, 0.717) is 12.0 Å². The van der Waals surface area contributed by atoms with Crippen LogP contribution in [0.5, 0.6) is 0 Å². The van der Waals surface area contributed by atoms with Gasteiger partial charge in [-0.3, -0.25) is 0 Å². The number of aromatic carboxylic acids is 1. The van der Waals surface area contributed by atoms with E-state index in [1.165, 1.54) is 6.07 Å². The Morgan fingerprint density at radius 2 is 2.00 bits per heavy atom. The topological polar surface area (TPSA) is 77.8 Å². The van der Waals surface area contributed by atoms with E-state index >= 15 is 0 Å². The predicted octanol–water partition coefficient (Wildman–Crippen LogP) is 1.23. The summed E-state index contributed by atoms with van der Waals surface area (Å²) in [6, 6.07) is 6.56. The van der Waals surface area contributed by atoms with Gasteiger partial charge in [0.1, 0.15) is 0 Å². The summed E-state index contributed by atoms with van der Waals surface area (Å²) >= 11 is 0. The molecule has 0 aromatic heterocycles. The molecule has 0 saturated heterocycles. The van der Waals surface area contributed by atoms with Crippen LogP contribution in [-0.4, -0.2) is 34.0 Å². The van der Waals surface area contributed by atoms with Crippen LogP contribution in [0, 0.1) is 0 Å². The molecule has 88 valence electrons. The number of aliphatic hydroxyl groups is 2. The van der Waals surface area contributed by atoms with E-state index in [9.17, 15) is 9.90 Å². The minimum atomic E-state index is -1.01. The lowest BCUT2D eigenvalue weighted by atomic mass is 9.88. The summed E-state index contributed by atoms with van der Waals surface area (Å²) in [7, 11) is 0. The lowest BCUT2D eigenvalue weighted by Crippen LogP contribution is -2.23. The molecular weight excluding hydrogens is 208 g/mol. The van der Waals surface area contributed by atoms with E-state index < -0.39 is 12.1 Å². The molecule has 0 aliphatic carbocycles. The summed E-state index contributed by atoms with van der Waals surface area (Å²) < 4.78 is 0. The van der Waals surface area contributed by atoms with Gasteiger partial charge in [-0.15, -0.1) is 0 Å². The van der Waals surface area contributed by atoms with Gasteiger partial charge in [0.05, 0.1) is 18.3 Å². The molecule has 0 heterocycles. The van der Waals surface area contributed by atoms with Crippen molar-refractivity contribution in [1.29, 1.82) is 0 Å². The maximum Gasteiger partial charge on any atom is 0.335 e. The van der Waals surface area contributed by atoms with E-state index in [2.05, 4.69) is 0 Å². The summed E-state index contributed by atoms with van der Waals surface area (Å²) in [6.07, 6.45) is -0.350. The molecule has 0 aliphatic rings. The molecule has 4 nitrogen and oxygen atoms in total. The van der Waals surface area contributed by atoms with Gasteiger partial charge in [0, 0.05) is 5.92 Å². The maximum absolute atomic E-state index is 11.0. The lowest BCUT2D eigenvalue weighted by molar-refractivity contribution is 0.0659. The van der Waals surface area contributed by atoms with Crippen molar-refractivity contribution in [2.45, 2.75) is 25.4 Å². The molecule has 0 aliphatic heterocycles. The van der Waals surface area contributed by atoms with Gasteiger partial charge in [0.15, 0.2) is 0 Å². The summed E-state index contributed by atoms with van der Waals surface area (Å²) in [5.74, 6) is -1.36. The second kappa shape index (κ2) is 5.63. The zero-order valence-electron chi connectivity index (χ0n) is 9.13. The molecule has 0 radical (unpaired) electrons. The van der Waals surface area contributed by atoms with E-state index in [1.54, 1.807) is 18.2 Å². The maximum atomic E-state index is 11.0. The smallest absolute Gasteiger partial charge is 0.335 e. The minimum Gasteiger partial charge on any atom is -0.478 e. The molecule has 1 aromatic carbocycles. The van der Waals surface area contributed by atoms with Crippen LogP contribution in [0.25, 0.3) is 0 Å². The Morgan fingerprint density at radius 1 is 1.38 bits per heavy atom. The molecule has 0 fully saturated rings. The molecule has 2 unspecified atom stereocenters. The summed E-state index contributed by atoms with van der Waals surface area (Å²) in [6.45, 7) is 1.48. The number of hydrogen-bond acceptors (Lipinski definition) is 3. The zero-order chi connectivity index (χ0) is 12.1. The van der Waals surface area contributed by atoms with Crippen LogP contribution >= 0.6 is 0 Å². The van der Waals surface area contributed by atoms with Crippen molar-refractivity contribution in [2.24, 2.45) is 0 Å². The second-order valence-electron chi connectivity index (χ2n) is 3.66. The molecule has 0 saturated carbocycles. The first-order valence-corrected chi connectivity index (χ1v) is 5.23. The lowest BCUT2D eigenvalue weighted by Gasteiger charge is -2.21.